The lowest BCUT2D eigenvalue weighted by Crippen LogP contribution is -2.54. The number of hydrogen-bond donors (Lipinski definition) is 2. The maximum absolute atomic E-state index is 13.0. The van der Waals surface area contributed by atoms with E-state index in [1.54, 1.807) is 11.3 Å². The molecule has 3 aliphatic rings. The van der Waals surface area contributed by atoms with E-state index in [-0.39, 0.29) is 5.91 Å². The molecule has 0 radical (unpaired) electrons. The number of alkyl halides is 6. The van der Waals surface area contributed by atoms with Crippen LogP contribution in [0, 0.1) is 0 Å². The van der Waals surface area contributed by atoms with Gasteiger partial charge in [-0.25, -0.2) is 19.6 Å². The van der Waals surface area contributed by atoms with Gasteiger partial charge in [-0.1, -0.05) is 0 Å². The van der Waals surface area contributed by atoms with Crippen molar-refractivity contribution >= 4 is 29.2 Å². The van der Waals surface area contributed by atoms with Crippen LogP contribution < -0.4 is 0 Å². The first-order valence-corrected chi connectivity index (χ1v) is 13.2. The number of piperidine rings is 1. The Morgan fingerprint density at radius 1 is 0.951 bits per heavy atom. The fraction of sp³-hybridized carbons (Fsp3) is 0.609. The van der Waals surface area contributed by atoms with Gasteiger partial charge in [-0.15, -0.1) is 11.3 Å². The molecule has 228 valence electrons. The number of rotatable bonds is 3. The fourth-order valence-corrected chi connectivity index (χ4v) is 5.26. The van der Waals surface area contributed by atoms with Gasteiger partial charge in [0.1, 0.15) is 16.4 Å². The molecule has 41 heavy (non-hydrogen) atoms. The van der Waals surface area contributed by atoms with Crippen molar-refractivity contribution in [2.45, 2.75) is 62.8 Å². The van der Waals surface area contributed by atoms with Gasteiger partial charge in [0.25, 0.3) is 5.91 Å². The Hall–Kier alpha value is -3.25. The maximum atomic E-state index is 13.0. The second kappa shape index (κ2) is 13.2. The van der Waals surface area contributed by atoms with Crippen molar-refractivity contribution in [2.75, 3.05) is 26.2 Å². The molecule has 2 fully saturated rings. The topological polar surface area (TPSA) is 138 Å². The molecule has 3 aliphatic heterocycles. The number of aliphatic carboxylic acids is 2. The molecule has 1 amide bonds. The van der Waals surface area contributed by atoms with E-state index in [1.165, 1.54) is 0 Å². The number of fused-ring (bicyclic) bond motifs is 2. The minimum atomic E-state index is -5.08. The van der Waals surface area contributed by atoms with Crippen LogP contribution in [0.4, 0.5) is 26.3 Å². The number of hydrogen-bond acceptors (Lipinski definition) is 8. The van der Waals surface area contributed by atoms with Crippen LogP contribution >= 0.6 is 11.3 Å². The second-order valence-electron chi connectivity index (χ2n) is 9.34. The third kappa shape index (κ3) is 8.62. The van der Waals surface area contributed by atoms with E-state index in [4.69, 9.17) is 24.5 Å². The van der Waals surface area contributed by atoms with Gasteiger partial charge in [-0.2, -0.15) is 26.3 Å². The number of carbonyl (C=O) groups excluding carboxylic acids is 1. The van der Waals surface area contributed by atoms with Gasteiger partial charge in [0.05, 0.1) is 13.1 Å². The first-order chi connectivity index (χ1) is 19.1. The van der Waals surface area contributed by atoms with Gasteiger partial charge in [-0.05, 0) is 25.7 Å². The summed E-state index contributed by atoms with van der Waals surface area (Å²) in [6.45, 7) is 5.05. The minimum Gasteiger partial charge on any atom is -0.475 e. The van der Waals surface area contributed by atoms with E-state index in [0.717, 1.165) is 69.2 Å². The molecular weight excluding hydrogens is 588 g/mol. The van der Waals surface area contributed by atoms with Gasteiger partial charge in [-0.3, -0.25) is 9.69 Å². The molecule has 1 unspecified atom stereocenters. The molecule has 2 N–H and O–H groups in total. The smallest absolute Gasteiger partial charge is 0.475 e. The molecule has 0 aromatic carbocycles. The Morgan fingerprint density at radius 3 is 2.00 bits per heavy atom. The first-order valence-electron chi connectivity index (χ1n) is 12.3. The third-order valence-electron chi connectivity index (χ3n) is 6.54. The number of ether oxygens (including phenoxy) is 1. The van der Waals surface area contributed by atoms with Crippen LogP contribution in [-0.4, -0.2) is 97.0 Å². The van der Waals surface area contributed by atoms with Crippen LogP contribution in [0.1, 0.15) is 36.5 Å². The number of imidazole rings is 1. The average Bonchev–Trinajstić information content (AvgIpc) is 3.68. The van der Waals surface area contributed by atoms with Crippen LogP contribution in [0.3, 0.4) is 0 Å². The molecule has 18 heteroatoms. The number of carboxylic acid groups (broad SMARTS) is 2. The number of likely N-dealkylation sites (tertiary alicyclic amines) is 2. The van der Waals surface area contributed by atoms with Crippen LogP contribution in [-0.2, 0) is 37.8 Å². The molecule has 0 aliphatic carbocycles. The molecule has 5 heterocycles. The molecule has 1 spiro atoms. The number of carboxylic acids is 2. The van der Waals surface area contributed by atoms with Gasteiger partial charge in [0.2, 0.25) is 0 Å². The second-order valence-corrected chi connectivity index (χ2v) is 10.3. The van der Waals surface area contributed by atoms with E-state index in [2.05, 4.69) is 19.4 Å². The molecule has 0 bridgehead atoms. The molecule has 1 atom stereocenters. The zero-order chi connectivity index (χ0) is 30.4. The van der Waals surface area contributed by atoms with Gasteiger partial charge in [0.15, 0.2) is 6.10 Å². The third-order valence-corrected chi connectivity index (χ3v) is 7.30. The minimum absolute atomic E-state index is 0.149. The molecule has 0 saturated carbocycles. The summed E-state index contributed by atoms with van der Waals surface area (Å²) in [6.07, 6.45) is -0.941. The highest BCUT2D eigenvalue weighted by molar-refractivity contribution is 7.09. The van der Waals surface area contributed by atoms with Gasteiger partial charge in [0, 0.05) is 50.1 Å². The Bertz CT molecular complexity index is 1150. The molecule has 2 aromatic heterocycles. The van der Waals surface area contributed by atoms with Gasteiger partial charge < -0.3 is 24.4 Å². The zero-order valence-corrected chi connectivity index (χ0v) is 22.2. The summed E-state index contributed by atoms with van der Waals surface area (Å²) in [4.78, 5) is 44.2. The number of carbonyl (C=O) groups is 3. The summed E-state index contributed by atoms with van der Waals surface area (Å²) in [6, 6.07) is 0. The van der Waals surface area contributed by atoms with Crippen molar-refractivity contribution in [3.05, 3.63) is 34.8 Å². The number of thiazole rings is 1. The molecular formula is C23H27F6N5O6S. The molecule has 5 rings (SSSR count). The zero-order valence-electron chi connectivity index (χ0n) is 21.4. The average molecular weight is 616 g/mol. The van der Waals surface area contributed by atoms with Crippen LogP contribution in [0.2, 0.25) is 0 Å². The highest BCUT2D eigenvalue weighted by atomic mass is 32.1. The summed E-state index contributed by atoms with van der Waals surface area (Å²) in [5.41, 5.74) is -0.443. The van der Waals surface area contributed by atoms with Crippen LogP contribution in [0.25, 0.3) is 0 Å². The highest BCUT2D eigenvalue weighted by Crippen LogP contribution is 2.40. The van der Waals surface area contributed by atoms with Gasteiger partial charge >= 0.3 is 24.3 Å². The highest BCUT2D eigenvalue weighted by Gasteiger charge is 2.48. The molecule has 2 saturated heterocycles. The number of amides is 1. The predicted molar refractivity (Wildman–Crippen MR) is 129 cm³/mol. The normalized spacial score (nSPS) is 20.3. The Balaban J connectivity index is 0.000000276. The van der Waals surface area contributed by atoms with E-state index in [9.17, 15) is 31.1 Å². The van der Waals surface area contributed by atoms with Crippen molar-refractivity contribution in [1.82, 2.24) is 24.3 Å². The van der Waals surface area contributed by atoms with Crippen LogP contribution in [0.5, 0.6) is 0 Å². The standard InChI is InChI=1S/C19H25N5O2S.2C2HF3O2/c25-17(23-7-1-2-8-23)15-13-24-11-5-21-18(24)19(26-15)3-9-22(10-4-19)14-16-20-6-12-27-16;2*3-2(4,5)1(6)7/h5-6,11-12,15H,1-4,7-10,13-14H2;2*(H,6,7). The Labute approximate surface area is 233 Å². The van der Waals surface area contributed by atoms with E-state index >= 15 is 0 Å². The quantitative estimate of drug-likeness (QED) is 0.499. The fourth-order valence-electron chi connectivity index (χ4n) is 4.60. The van der Waals surface area contributed by atoms with Crippen LogP contribution in [0.15, 0.2) is 24.0 Å². The number of nitrogens with zero attached hydrogens (tertiary/aromatic N) is 5. The Kier molecular flexibility index (Phi) is 10.4. The maximum Gasteiger partial charge on any atom is 0.490 e. The number of halogens is 6. The lowest BCUT2D eigenvalue weighted by atomic mass is 9.88. The summed E-state index contributed by atoms with van der Waals surface area (Å²) < 4.78 is 72.2. The summed E-state index contributed by atoms with van der Waals surface area (Å²) in [5.74, 6) is -4.38. The monoisotopic (exact) mass is 615 g/mol. The lowest BCUT2D eigenvalue weighted by molar-refractivity contribution is -0.193. The van der Waals surface area contributed by atoms with Crippen molar-refractivity contribution in [3.63, 3.8) is 0 Å². The SMILES string of the molecule is O=C(C1Cn2ccnc2C2(CCN(Cc3nccs3)CC2)O1)N1CCCC1.O=C(O)C(F)(F)F.O=C(O)C(F)(F)F. The van der Waals surface area contributed by atoms with E-state index < -0.39 is 36.0 Å². The van der Waals surface area contributed by atoms with Crippen molar-refractivity contribution in [1.29, 1.82) is 0 Å². The largest absolute Gasteiger partial charge is 0.490 e. The van der Waals surface area contributed by atoms with Crippen molar-refractivity contribution < 1.29 is 55.7 Å². The lowest BCUT2D eigenvalue weighted by Gasteiger charge is -2.45. The predicted octanol–water partition coefficient (Wildman–Crippen LogP) is 3.12. The first kappa shape index (κ1) is 32.3. The summed E-state index contributed by atoms with van der Waals surface area (Å²) in [5, 5.41) is 17.4. The van der Waals surface area contributed by atoms with Crippen molar-refractivity contribution in [3.8, 4) is 0 Å². The number of aromatic nitrogens is 3. The van der Waals surface area contributed by atoms with Crippen molar-refractivity contribution in [2.24, 2.45) is 0 Å². The molecule has 2 aromatic rings. The van der Waals surface area contributed by atoms with E-state index in [0.29, 0.717) is 6.54 Å². The van der Waals surface area contributed by atoms with E-state index in [1.807, 2.05) is 28.9 Å². The molecule has 11 nitrogen and oxygen atoms in total. The summed E-state index contributed by atoms with van der Waals surface area (Å²) >= 11 is 1.70. The summed E-state index contributed by atoms with van der Waals surface area (Å²) in [7, 11) is 0. The Morgan fingerprint density at radius 2 is 1.51 bits per heavy atom.